The van der Waals surface area contributed by atoms with E-state index in [9.17, 15) is 0 Å². The van der Waals surface area contributed by atoms with Gasteiger partial charge in [-0.2, -0.15) is 0 Å². The highest BCUT2D eigenvalue weighted by Crippen LogP contribution is 2.20. The van der Waals surface area contributed by atoms with Crippen molar-refractivity contribution in [2.45, 2.75) is 58.7 Å². The number of benzene rings is 1. The lowest BCUT2D eigenvalue weighted by Crippen LogP contribution is -2.43. The molecule has 2 atom stereocenters. The third-order valence-electron chi connectivity index (χ3n) is 6.04. The summed E-state index contributed by atoms with van der Waals surface area (Å²) >= 11 is 0. The van der Waals surface area contributed by atoms with Gasteiger partial charge in [-0.3, -0.25) is 9.89 Å². The van der Waals surface area contributed by atoms with Crippen LogP contribution >= 0.6 is 24.0 Å². The van der Waals surface area contributed by atoms with Crippen molar-refractivity contribution in [3.63, 3.8) is 0 Å². The number of aryl methyl sites for hydroxylation is 1. The maximum atomic E-state index is 5.79. The fourth-order valence-electron chi connectivity index (χ4n) is 4.17. The van der Waals surface area contributed by atoms with Gasteiger partial charge in [0.1, 0.15) is 12.2 Å². The summed E-state index contributed by atoms with van der Waals surface area (Å²) in [6.07, 6.45) is 5.17. The van der Waals surface area contributed by atoms with Crippen LogP contribution in [0, 0.1) is 0 Å². The predicted molar refractivity (Wildman–Crippen MR) is 144 cm³/mol. The molecule has 8 nitrogen and oxygen atoms in total. The number of ether oxygens (including phenoxy) is 1. The Bertz CT molecular complexity index is 804. The minimum Gasteiger partial charge on any atom is -0.376 e. The van der Waals surface area contributed by atoms with Crippen LogP contribution in [0.25, 0.3) is 0 Å². The van der Waals surface area contributed by atoms with Crippen molar-refractivity contribution >= 4 is 29.9 Å². The number of hydrogen-bond acceptors (Lipinski definition) is 5. The van der Waals surface area contributed by atoms with E-state index < -0.39 is 0 Å². The standard InChI is InChI=1S/C24H39N7O.HI/c1-4-23-29-28-19-31(23)15-14-25-24(26-17-21-13-10-16-32-21)27-18-22(30(5-2)6-3)20-11-8-7-9-12-20;/h7-9,11-12,19,21-22H,4-6,10,13-18H2,1-3H3,(H2,25,26,27);1H. The zero-order valence-corrected chi connectivity index (χ0v) is 22.6. The Morgan fingerprint density at radius 3 is 2.67 bits per heavy atom. The Hall–Kier alpha value is -1.72. The molecule has 33 heavy (non-hydrogen) atoms. The molecule has 0 spiro atoms. The number of rotatable bonds is 12. The second-order valence-corrected chi connectivity index (χ2v) is 8.07. The maximum absolute atomic E-state index is 5.79. The third-order valence-corrected chi connectivity index (χ3v) is 6.04. The highest BCUT2D eigenvalue weighted by atomic mass is 127. The SMILES string of the molecule is CCc1nncn1CCNC(=NCC(c1ccccc1)N(CC)CC)NCC1CCCO1.I. The first-order valence-electron chi connectivity index (χ1n) is 12.0. The van der Waals surface area contributed by atoms with E-state index in [4.69, 9.17) is 9.73 Å². The Morgan fingerprint density at radius 2 is 2.00 bits per heavy atom. The van der Waals surface area contributed by atoms with Crippen molar-refractivity contribution in [2.75, 3.05) is 39.3 Å². The van der Waals surface area contributed by atoms with Gasteiger partial charge in [0.25, 0.3) is 0 Å². The lowest BCUT2D eigenvalue weighted by atomic mass is 10.1. The van der Waals surface area contributed by atoms with Gasteiger partial charge in [-0.15, -0.1) is 34.2 Å². The molecule has 0 bridgehead atoms. The number of aromatic nitrogens is 3. The van der Waals surface area contributed by atoms with Crippen LogP contribution in [0.2, 0.25) is 0 Å². The molecule has 2 N–H and O–H groups in total. The molecule has 1 aromatic heterocycles. The molecule has 2 aromatic rings. The normalized spacial score (nSPS) is 17.1. The number of nitrogens with zero attached hydrogens (tertiary/aromatic N) is 5. The van der Waals surface area contributed by atoms with E-state index >= 15 is 0 Å². The molecule has 0 amide bonds. The summed E-state index contributed by atoms with van der Waals surface area (Å²) in [5, 5.41) is 15.2. The molecule has 184 valence electrons. The number of aliphatic imine (C=N–C) groups is 1. The van der Waals surface area contributed by atoms with Crippen molar-refractivity contribution in [3.05, 3.63) is 48.0 Å². The van der Waals surface area contributed by atoms with Crippen LogP contribution in [0.15, 0.2) is 41.7 Å². The second-order valence-electron chi connectivity index (χ2n) is 8.07. The third kappa shape index (κ3) is 8.53. The Morgan fingerprint density at radius 1 is 1.21 bits per heavy atom. The average Bonchev–Trinajstić information content (AvgIpc) is 3.52. The minimum atomic E-state index is 0. The van der Waals surface area contributed by atoms with Crippen LogP contribution < -0.4 is 10.6 Å². The smallest absolute Gasteiger partial charge is 0.191 e. The molecule has 0 radical (unpaired) electrons. The van der Waals surface area contributed by atoms with Crippen molar-refractivity contribution in [1.82, 2.24) is 30.3 Å². The number of likely N-dealkylation sites (N-methyl/N-ethyl adjacent to an activating group) is 1. The highest BCUT2D eigenvalue weighted by Gasteiger charge is 2.19. The van der Waals surface area contributed by atoms with Crippen molar-refractivity contribution in [3.8, 4) is 0 Å². The van der Waals surface area contributed by atoms with Crippen LogP contribution in [0.5, 0.6) is 0 Å². The Balaban J connectivity index is 0.00000385. The van der Waals surface area contributed by atoms with Gasteiger partial charge >= 0.3 is 0 Å². The first-order valence-corrected chi connectivity index (χ1v) is 12.0. The van der Waals surface area contributed by atoms with E-state index in [1.165, 1.54) is 5.56 Å². The molecule has 1 aliphatic heterocycles. The van der Waals surface area contributed by atoms with Crippen LogP contribution in [0.1, 0.15) is 51.0 Å². The molecule has 1 aromatic carbocycles. The number of guanidine groups is 1. The van der Waals surface area contributed by atoms with Crippen LogP contribution in [0.4, 0.5) is 0 Å². The molecular formula is C24H40IN7O. The van der Waals surface area contributed by atoms with Gasteiger partial charge in [0.15, 0.2) is 5.96 Å². The van der Waals surface area contributed by atoms with E-state index in [0.29, 0.717) is 6.54 Å². The summed E-state index contributed by atoms with van der Waals surface area (Å²) in [6, 6.07) is 10.9. The van der Waals surface area contributed by atoms with Crippen molar-refractivity contribution in [2.24, 2.45) is 4.99 Å². The summed E-state index contributed by atoms with van der Waals surface area (Å²) in [6.45, 7) is 12.4. The molecule has 0 saturated carbocycles. The fourth-order valence-corrected chi connectivity index (χ4v) is 4.17. The van der Waals surface area contributed by atoms with Crippen molar-refractivity contribution in [1.29, 1.82) is 0 Å². The lowest BCUT2D eigenvalue weighted by Gasteiger charge is -2.29. The molecule has 2 heterocycles. The van der Waals surface area contributed by atoms with Crippen LogP contribution in [0.3, 0.4) is 0 Å². The van der Waals surface area contributed by atoms with Gasteiger partial charge in [0.05, 0.1) is 18.7 Å². The predicted octanol–water partition coefficient (Wildman–Crippen LogP) is 3.26. The summed E-state index contributed by atoms with van der Waals surface area (Å²) < 4.78 is 7.88. The molecule has 1 saturated heterocycles. The molecule has 3 rings (SSSR count). The summed E-state index contributed by atoms with van der Waals surface area (Å²) in [4.78, 5) is 7.46. The van der Waals surface area contributed by atoms with Gasteiger partial charge in [-0.1, -0.05) is 51.1 Å². The molecular weight excluding hydrogens is 529 g/mol. The topological polar surface area (TPSA) is 79.6 Å². The highest BCUT2D eigenvalue weighted by molar-refractivity contribution is 14.0. The van der Waals surface area contributed by atoms with Gasteiger partial charge in [-0.25, -0.2) is 0 Å². The molecule has 0 aliphatic carbocycles. The number of hydrogen-bond donors (Lipinski definition) is 2. The molecule has 2 unspecified atom stereocenters. The number of nitrogens with one attached hydrogen (secondary N) is 2. The second kappa shape index (κ2) is 15.2. The molecule has 1 aliphatic rings. The van der Waals surface area contributed by atoms with Gasteiger partial charge in [0.2, 0.25) is 0 Å². The first-order chi connectivity index (χ1) is 15.7. The van der Waals surface area contributed by atoms with Crippen LogP contribution in [-0.4, -0.2) is 71.1 Å². The molecule has 9 heteroatoms. The van der Waals surface area contributed by atoms with Crippen LogP contribution in [-0.2, 0) is 17.7 Å². The van der Waals surface area contributed by atoms with E-state index in [1.54, 1.807) is 6.33 Å². The van der Waals surface area contributed by atoms with Crippen molar-refractivity contribution < 1.29 is 4.74 Å². The summed E-state index contributed by atoms with van der Waals surface area (Å²) in [5.41, 5.74) is 1.30. The fraction of sp³-hybridized carbons (Fsp3) is 0.625. The van der Waals surface area contributed by atoms with Gasteiger partial charge < -0.3 is 19.9 Å². The average molecular weight is 570 g/mol. The number of halogens is 1. The maximum Gasteiger partial charge on any atom is 0.191 e. The largest absolute Gasteiger partial charge is 0.376 e. The van der Waals surface area contributed by atoms with E-state index in [-0.39, 0.29) is 36.1 Å². The van der Waals surface area contributed by atoms with Gasteiger partial charge in [-0.05, 0) is 31.5 Å². The monoisotopic (exact) mass is 569 g/mol. The quantitative estimate of drug-likeness (QED) is 0.232. The Kier molecular flexibility index (Phi) is 12.7. The zero-order chi connectivity index (χ0) is 22.6. The molecule has 1 fully saturated rings. The van der Waals surface area contributed by atoms with E-state index in [0.717, 1.165) is 70.4 Å². The Labute approximate surface area is 215 Å². The minimum absolute atomic E-state index is 0. The summed E-state index contributed by atoms with van der Waals surface area (Å²) in [7, 11) is 0. The van der Waals surface area contributed by atoms with Gasteiger partial charge in [0, 0.05) is 32.7 Å². The summed E-state index contributed by atoms with van der Waals surface area (Å²) in [5.74, 6) is 1.84. The van der Waals surface area contributed by atoms with E-state index in [2.05, 4.69) is 81.4 Å². The van der Waals surface area contributed by atoms with E-state index in [1.807, 2.05) is 0 Å². The zero-order valence-electron chi connectivity index (χ0n) is 20.2. The first kappa shape index (κ1) is 27.5. The lowest BCUT2D eigenvalue weighted by molar-refractivity contribution is 0.113.